The van der Waals surface area contributed by atoms with Crippen molar-refractivity contribution < 1.29 is 4.79 Å². The van der Waals surface area contributed by atoms with Gasteiger partial charge in [-0.15, -0.1) is 0 Å². The van der Waals surface area contributed by atoms with Crippen LogP contribution in [0.25, 0.3) is 0 Å². The minimum Gasteiger partial charge on any atom is -0.337 e. The normalized spacial score (nSPS) is 23.5. The first-order valence-corrected chi connectivity index (χ1v) is 7.08. The summed E-state index contributed by atoms with van der Waals surface area (Å²) in [6, 6.07) is 6.95. The van der Waals surface area contributed by atoms with Crippen molar-refractivity contribution in [1.82, 2.24) is 10.2 Å². The number of piperazine rings is 1. The van der Waals surface area contributed by atoms with Gasteiger partial charge in [0.2, 0.25) is 5.91 Å². The quantitative estimate of drug-likeness (QED) is 0.882. The predicted molar refractivity (Wildman–Crippen MR) is 78.3 cm³/mol. The maximum atomic E-state index is 12.5. The number of rotatable bonds is 2. The molecule has 1 aromatic carbocycles. The Kier molecular flexibility index (Phi) is 4.25. The Labute approximate surface area is 116 Å². The average Bonchev–Trinajstić information content (AvgIpc) is 2.36. The van der Waals surface area contributed by atoms with Crippen LogP contribution in [0.1, 0.15) is 30.5 Å². The molecule has 0 aromatic heterocycles. The number of hydrogen-bond donors (Lipinski definition) is 1. The van der Waals surface area contributed by atoms with Crippen molar-refractivity contribution >= 4 is 5.91 Å². The highest BCUT2D eigenvalue weighted by molar-refractivity contribution is 5.79. The molecule has 1 N–H and O–H groups in total. The third kappa shape index (κ3) is 3.16. The highest BCUT2D eigenvalue weighted by Crippen LogP contribution is 2.15. The standard InChI is InChI=1S/C16H24N2O/c1-11-5-6-15(12(2)9-11)10-16(19)18-8-7-17-13(3)14(18)4/h5-6,9,13-14,17H,7-8,10H2,1-4H3. The molecule has 0 saturated carbocycles. The number of nitrogens with one attached hydrogen (secondary N) is 1. The molecule has 1 aliphatic rings. The number of nitrogens with zero attached hydrogens (tertiary/aromatic N) is 1. The van der Waals surface area contributed by atoms with Crippen molar-refractivity contribution in [2.45, 2.75) is 46.2 Å². The molecule has 2 atom stereocenters. The molecular weight excluding hydrogens is 236 g/mol. The molecule has 1 aliphatic heterocycles. The van der Waals surface area contributed by atoms with Gasteiger partial charge in [0.25, 0.3) is 0 Å². The molecule has 19 heavy (non-hydrogen) atoms. The number of carbonyl (C=O) groups excluding carboxylic acids is 1. The molecule has 1 amide bonds. The van der Waals surface area contributed by atoms with Crippen LogP contribution in [0.15, 0.2) is 18.2 Å². The molecule has 0 radical (unpaired) electrons. The average molecular weight is 260 g/mol. The molecule has 0 spiro atoms. The first kappa shape index (κ1) is 14.1. The van der Waals surface area contributed by atoms with Gasteiger partial charge in [0.1, 0.15) is 0 Å². The minimum atomic E-state index is 0.243. The Bertz CT molecular complexity index is 470. The summed E-state index contributed by atoms with van der Waals surface area (Å²) < 4.78 is 0. The first-order chi connectivity index (χ1) is 8.99. The molecule has 0 aliphatic carbocycles. The number of carbonyl (C=O) groups is 1. The maximum absolute atomic E-state index is 12.5. The van der Waals surface area contributed by atoms with Gasteiger partial charge in [0.05, 0.1) is 6.42 Å². The van der Waals surface area contributed by atoms with Gasteiger partial charge in [-0.1, -0.05) is 23.8 Å². The van der Waals surface area contributed by atoms with E-state index < -0.39 is 0 Å². The van der Waals surface area contributed by atoms with Crippen LogP contribution in [0.5, 0.6) is 0 Å². The molecule has 104 valence electrons. The SMILES string of the molecule is Cc1ccc(CC(=O)N2CCNC(C)C2C)c(C)c1. The summed E-state index contributed by atoms with van der Waals surface area (Å²) in [7, 11) is 0. The molecule has 3 heteroatoms. The number of aryl methyl sites for hydroxylation is 2. The molecule has 0 bridgehead atoms. The van der Waals surface area contributed by atoms with Gasteiger partial charge in [-0.05, 0) is 38.8 Å². The lowest BCUT2D eigenvalue weighted by molar-refractivity contribution is -0.134. The second-order valence-electron chi connectivity index (χ2n) is 5.68. The lowest BCUT2D eigenvalue weighted by Gasteiger charge is -2.38. The first-order valence-electron chi connectivity index (χ1n) is 7.08. The summed E-state index contributed by atoms with van der Waals surface area (Å²) in [6.07, 6.45) is 0.517. The minimum absolute atomic E-state index is 0.243. The van der Waals surface area contributed by atoms with E-state index in [-0.39, 0.29) is 11.9 Å². The summed E-state index contributed by atoms with van der Waals surface area (Å²) in [4.78, 5) is 14.5. The van der Waals surface area contributed by atoms with Crippen molar-refractivity contribution in [3.8, 4) is 0 Å². The van der Waals surface area contributed by atoms with Crippen molar-refractivity contribution in [1.29, 1.82) is 0 Å². The molecular formula is C16H24N2O. The van der Waals surface area contributed by atoms with E-state index in [1.165, 1.54) is 11.1 Å². The van der Waals surface area contributed by atoms with Crippen molar-refractivity contribution in [3.05, 3.63) is 34.9 Å². The lowest BCUT2D eigenvalue weighted by Crippen LogP contribution is -2.57. The second-order valence-corrected chi connectivity index (χ2v) is 5.68. The van der Waals surface area contributed by atoms with Crippen molar-refractivity contribution in [2.24, 2.45) is 0 Å². The maximum Gasteiger partial charge on any atom is 0.227 e. The summed E-state index contributed by atoms with van der Waals surface area (Å²) in [5.74, 6) is 0.243. The number of amides is 1. The van der Waals surface area contributed by atoms with Gasteiger partial charge in [-0.3, -0.25) is 4.79 Å². The number of benzene rings is 1. The summed E-state index contributed by atoms with van der Waals surface area (Å²) in [6.45, 7) is 10.1. The summed E-state index contributed by atoms with van der Waals surface area (Å²) in [5, 5.41) is 3.41. The van der Waals surface area contributed by atoms with Gasteiger partial charge < -0.3 is 10.2 Å². The zero-order chi connectivity index (χ0) is 14.0. The Morgan fingerprint density at radius 2 is 2.11 bits per heavy atom. The zero-order valence-electron chi connectivity index (χ0n) is 12.4. The monoisotopic (exact) mass is 260 g/mol. The van der Waals surface area contributed by atoms with Crippen LogP contribution in [-0.2, 0) is 11.2 Å². The highest BCUT2D eigenvalue weighted by Gasteiger charge is 2.27. The topological polar surface area (TPSA) is 32.3 Å². The van der Waals surface area contributed by atoms with E-state index in [0.717, 1.165) is 18.7 Å². The van der Waals surface area contributed by atoms with E-state index in [4.69, 9.17) is 0 Å². The van der Waals surface area contributed by atoms with E-state index in [1.807, 2.05) is 4.90 Å². The number of hydrogen-bond acceptors (Lipinski definition) is 2. The molecule has 2 unspecified atom stereocenters. The zero-order valence-corrected chi connectivity index (χ0v) is 12.4. The molecule has 1 fully saturated rings. The summed E-state index contributed by atoms with van der Waals surface area (Å²) in [5.41, 5.74) is 3.61. The second kappa shape index (κ2) is 5.74. The van der Waals surface area contributed by atoms with Crippen LogP contribution in [0.2, 0.25) is 0 Å². The van der Waals surface area contributed by atoms with Crippen LogP contribution in [-0.4, -0.2) is 36.0 Å². The molecule has 1 aromatic rings. The van der Waals surface area contributed by atoms with E-state index in [0.29, 0.717) is 12.5 Å². The largest absolute Gasteiger partial charge is 0.337 e. The van der Waals surface area contributed by atoms with Crippen LogP contribution in [0.3, 0.4) is 0 Å². The lowest BCUT2D eigenvalue weighted by atomic mass is 10.0. The van der Waals surface area contributed by atoms with Crippen LogP contribution < -0.4 is 5.32 Å². The van der Waals surface area contributed by atoms with E-state index in [9.17, 15) is 4.79 Å². The van der Waals surface area contributed by atoms with Gasteiger partial charge in [0.15, 0.2) is 0 Å². The van der Waals surface area contributed by atoms with Gasteiger partial charge in [-0.2, -0.15) is 0 Å². The fourth-order valence-corrected chi connectivity index (χ4v) is 2.72. The fourth-order valence-electron chi connectivity index (χ4n) is 2.72. The Morgan fingerprint density at radius 1 is 1.37 bits per heavy atom. The van der Waals surface area contributed by atoms with E-state index in [1.54, 1.807) is 0 Å². The van der Waals surface area contributed by atoms with Gasteiger partial charge in [-0.25, -0.2) is 0 Å². The Morgan fingerprint density at radius 3 is 2.79 bits per heavy atom. The van der Waals surface area contributed by atoms with Gasteiger partial charge in [0, 0.05) is 25.2 Å². The third-order valence-corrected chi connectivity index (χ3v) is 4.19. The molecule has 1 saturated heterocycles. The fraction of sp³-hybridized carbons (Fsp3) is 0.562. The Balaban J connectivity index is 2.08. The van der Waals surface area contributed by atoms with Crippen LogP contribution in [0, 0.1) is 13.8 Å². The van der Waals surface area contributed by atoms with Crippen LogP contribution >= 0.6 is 0 Å². The highest BCUT2D eigenvalue weighted by atomic mass is 16.2. The van der Waals surface area contributed by atoms with Crippen LogP contribution in [0.4, 0.5) is 0 Å². The van der Waals surface area contributed by atoms with Crippen molar-refractivity contribution in [2.75, 3.05) is 13.1 Å². The molecule has 2 rings (SSSR count). The summed E-state index contributed by atoms with van der Waals surface area (Å²) >= 11 is 0. The molecule has 3 nitrogen and oxygen atoms in total. The van der Waals surface area contributed by atoms with E-state index in [2.05, 4.69) is 51.2 Å². The predicted octanol–water partition coefficient (Wildman–Crippen LogP) is 2.05. The third-order valence-electron chi connectivity index (χ3n) is 4.19. The van der Waals surface area contributed by atoms with E-state index >= 15 is 0 Å². The Hall–Kier alpha value is -1.35. The van der Waals surface area contributed by atoms with Gasteiger partial charge >= 0.3 is 0 Å². The smallest absolute Gasteiger partial charge is 0.227 e. The molecule has 1 heterocycles. The van der Waals surface area contributed by atoms with Crippen molar-refractivity contribution in [3.63, 3.8) is 0 Å².